The van der Waals surface area contributed by atoms with Gasteiger partial charge in [0.25, 0.3) is 0 Å². The van der Waals surface area contributed by atoms with Crippen LogP contribution in [0.3, 0.4) is 0 Å². The molecule has 0 bridgehead atoms. The molecule has 8 nitrogen and oxygen atoms in total. The minimum atomic E-state index is -0.551. The number of hydrogen-bond donors (Lipinski definition) is 2. The van der Waals surface area contributed by atoms with Gasteiger partial charge in [-0.3, -0.25) is 19.2 Å². The third-order valence-corrected chi connectivity index (χ3v) is 11.0. The molecule has 7 rings (SSSR count). The number of hydrogen-bond acceptors (Lipinski definition) is 5. The molecule has 1 heterocycles. The number of para-hydroxylation sites is 1. The number of carbonyl (C=O) groups excluding carboxylic acids is 5. The van der Waals surface area contributed by atoms with Crippen molar-refractivity contribution in [3.05, 3.63) is 131 Å². The fourth-order valence-corrected chi connectivity index (χ4v) is 8.33. The highest BCUT2D eigenvalue weighted by atomic mass is 19.1. The van der Waals surface area contributed by atoms with Crippen LogP contribution >= 0.6 is 0 Å². The van der Waals surface area contributed by atoms with Gasteiger partial charge in [0.1, 0.15) is 11.6 Å². The summed E-state index contributed by atoms with van der Waals surface area (Å²) in [6, 6.07) is 27.7. The van der Waals surface area contributed by atoms with Crippen LogP contribution in [0.1, 0.15) is 82.4 Å². The molecule has 4 aromatic rings. The van der Waals surface area contributed by atoms with Gasteiger partial charge in [0.2, 0.25) is 5.91 Å². The Labute approximate surface area is 302 Å². The van der Waals surface area contributed by atoms with Crippen molar-refractivity contribution in [3.63, 3.8) is 0 Å². The number of fused-ring (bicyclic) bond motifs is 3. The second-order valence-corrected chi connectivity index (χ2v) is 14.3. The van der Waals surface area contributed by atoms with Gasteiger partial charge in [-0.1, -0.05) is 73.2 Å². The summed E-state index contributed by atoms with van der Waals surface area (Å²) in [5, 5.41) is 5.59. The normalized spacial score (nSPS) is 21.5. The molecular weight excluding hydrogens is 657 g/mol. The largest absolute Gasteiger partial charge is 0.334 e. The van der Waals surface area contributed by atoms with E-state index in [1.165, 1.54) is 12.1 Å². The van der Waals surface area contributed by atoms with Crippen LogP contribution in [0, 0.1) is 29.5 Å². The van der Waals surface area contributed by atoms with Crippen molar-refractivity contribution in [2.45, 2.75) is 64.5 Å². The van der Waals surface area contributed by atoms with E-state index in [1.807, 2.05) is 41.3 Å². The lowest BCUT2D eigenvalue weighted by Gasteiger charge is -2.31. The lowest BCUT2D eigenvalue weighted by Crippen LogP contribution is -2.40. The smallest absolute Gasteiger partial charge is 0.319 e. The molecule has 9 heteroatoms. The van der Waals surface area contributed by atoms with E-state index in [-0.39, 0.29) is 72.2 Å². The fourth-order valence-electron chi connectivity index (χ4n) is 8.33. The first kappa shape index (κ1) is 35.0. The molecule has 1 saturated carbocycles. The zero-order chi connectivity index (χ0) is 36.2. The van der Waals surface area contributed by atoms with Crippen molar-refractivity contribution in [1.82, 2.24) is 5.32 Å². The number of nitrogens with zero attached hydrogens (tertiary/aromatic N) is 1. The Hall–Kier alpha value is -5.44. The number of benzene rings is 4. The van der Waals surface area contributed by atoms with E-state index in [1.54, 1.807) is 48.5 Å². The number of carbonyl (C=O) groups is 5. The molecule has 4 aromatic carbocycles. The average molecular weight is 700 g/mol. The van der Waals surface area contributed by atoms with E-state index in [0.29, 0.717) is 49.0 Å². The number of amides is 3. The van der Waals surface area contributed by atoms with Crippen LogP contribution in [-0.4, -0.2) is 29.3 Å². The summed E-state index contributed by atoms with van der Waals surface area (Å²) in [5.41, 5.74) is 4.94. The number of Topliss-reactive ketones (excluding diaryl/α,β-unsaturated/α-hetero) is 3. The van der Waals surface area contributed by atoms with E-state index in [4.69, 9.17) is 0 Å². The monoisotopic (exact) mass is 699 g/mol. The first-order valence-corrected chi connectivity index (χ1v) is 18.2. The third-order valence-electron chi connectivity index (χ3n) is 11.0. The van der Waals surface area contributed by atoms with Gasteiger partial charge < -0.3 is 15.5 Å². The maximum atomic E-state index is 14.6. The van der Waals surface area contributed by atoms with Gasteiger partial charge in [-0.05, 0) is 85.0 Å². The van der Waals surface area contributed by atoms with Gasteiger partial charge >= 0.3 is 6.03 Å². The Morgan fingerprint density at radius 3 is 2.25 bits per heavy atom. The molecule has 266 valence electrons. The van der Waals surface area contributed by atoms with Crippen molar-refractivity contribution in [2.24, 2.45) is 23.7 Å². The van der Waals surface area contributed by atoms with Crippen LogP contribution in [0.15, 0.2) is 97.1 Å². The maximum Gasteiger partial charge on any atom is 0.319 e. The molecule has 52 heavy (non-hydrogen) atoms. The summed E-state index contributed by atoms with van der Waals surface area (Å²) >= 11 is 0. The molecule has 3 aliphatic rings. The lowest BCUT2D eigenvalue weighted by molar-refractivity contribution is -0.129. The summed E-state index contributed by atoms with van der Waals surface area (Å²) in [4.78, 5) is 69.6. The minimum absolute atomic E-state index is 0.00193. The molecule has 2 aliphatic carbocycles. The number of rotatable bonds is 8. The molecule has 0 saturated heterocycles. The van der Waals surface area contributed by atoms with Crippen LogP contribution < -0.4 is 15.5 Å². The highest BCUT2D eigenvalue weighted by Crippen LogP contribution is 2.44. The third kappa shape index (κ3) is 7.59. The highest BCUT2D eigenvalue weighted by molar-refractivity contribution is 6.12. The second kappa shape index (κ2) is 15.4. The SMILES string of the molecule is O=C(NCc1ccc(F)cc1)Nc1ccc(CN2C(=O)C3CCC[C@H]3C(C(=O)CC3CCC(=O)c4ccccc4C3=O)CCc3ccccc32)cc1. The Balaban J connectivity index is 1.06. The van der Waals surface area contributed by atoms with Crippen LogP contribution in [0.4, 0.5) is 20.6 Å². The Morgan fingerprint density at radius 2 is 1.46 bits per heavy atom. The summed E-state index contributed by atoms with van der Waals surface area (Å²) in [7, 11) is 0. The Morgan fingerprint density at radius 1 is 0.750 bits per heavy atom. The van der Waals surface area contributed by atoms with Gasteiger partial charge in [0, 0.05) is 59.6 Å². The van der Waals surface area contributed by atoms with Crippen LogP contribution in [-0.2, 0) is 29.1 Å². The zero-order valence-corrected chi connectivity index (χ0v) is 29.0. The molecule has 4 atom stereocenters. The van der Waals surface area contributed by atoms with Gasteiger partial charge in [-0.15, -0.1) is 0 Å². The first-order valence-electron chi connectivity index (χ1n) is 18.2. The predicted molar refractivity (Wildman–Crippen MR) is 196 cm³/mol. The van der Waals surface area contributed by atoms with Crippen molar-refractivity contribution in [1.29, 1.82) is 0 Å². The van der Waals surface area contributed by atoms with E-state index >= 15 is 0 Å². The summed E-state index contributed by atoms with van der Waals surface area (Å²) in [6.07, 6.45) is 4.22. The van der Waals surface area contributed by atoms with Crippen LogP contribution in [0.5, 0.6) is 0 Å². The quantitative estimate of drug-likeness (QED) is 0.181. The first-order chi connectivity index (χ1) is 25.2. The van der Waals surface area contributed by atoms with Gasteiger partial charge in [-0.25, -0.2) is 9.18 Å². The average Bonchev–Trinajstić information content (AvgIpc) is 3.62. The molecule has 1 fully saturated rings. The van der Waals surface area contributed by atoms with E-state index in [0.717, 1.165) is 35.2 Å². The van der Waals surface area contributed by atoms with E-state index in [2.05, 4.69) is 10.6 Å². The number of urea groups is 1. The number of ketones is 3. The molecular formula is C43H42FN3O5. The minimum Gasteiger partial charge on any atom is -0.334 e. The van der Waals surface area contributed by atoms with E-state index in [9.17, 15) is 28.4 Å². The molecule has 0 radical (unpaired) electrons. The molecule has 0 spiro atoms. The van der Waals surface area contributed by atoms with Crippen molar-refractivity contribution < 1.29 is 28.4 Å². The maximum absolute atomic E-state index is 14.6. The number of anilines is 2. The summed E-state index contributed by atoms with van der Waals surface area (Å²) in [5.74, 6) is -1.86. The second-order valence-electron chi connectivity index (χ2n) is 14.3. The molecule has 2 N–H and O–H groups in total. The van der Waals surface area contributed by atoms with Crippen molar-refractivity contribution >= 4 is 40.7 Å². The van der Waals surface area contributed by atoms with Crippen molar-refractivity contribution in [3.8, 4) is 0 Å². The topological polar surface area (TPSA) is 113 Å². The van der Waals surface area contributed by atoms with Crippen LogP contribution in [0.2, 0.25) is 0 Å². The fraction of sp³-hybridized carbons (Fsp3) is 0.326. The standard InChI is InChI=1S/C43H42FN3O5/c44-31-18-12-27(13-19-31)25-45-43(52)46-32-20-14-28(15-21-32)26-47-38-11-4-1-6-29(38)16-22-35(33-9-5-10-37(33)42(47)51)40(49)24-30-17-23-39(48)34-7-2-3-8-36(34)41(30)50/h1-4,6-8,11-15,18-21,30,33,35,37H,5,9-10,16-17,22-26H2,(H2,45,46,52)/t30?,33-,35?,37?/m0/s1. The van der Waals surface area contributed by atoms with Gasteiger partial charge in [0.15, 0.2) is 11.6 Å². The number of aryl methyl sites for hydroxylation is 1. The highest BCUT2D eigenvalue weighted by Gasteiger charge is 2.44. The number of halogens is 1. The Kier molecular flexibility index (Phi) is 10.4. The lowest BCUT2D eigenvalue weighted by atomic mass is 9.75. The molecule has 3 amide bonds. The molecule has 1 aliphatic heterocycles. The number of nitrogens with one attached hydrogen (secondary N) is 2. The zero-order valence-electron chi connectivity index (χ0n) is 29.0. The molecule has 0 aromatic heterocycles. The summed E-state index contributed by atoms with van der Waals surface area (Å²) < 4.78 is 13.2. The van der Waals surface area contributed by atoms with Crippen LogP contribution in [0.25, 0.3) is 0 Å². The summed E-state index contributed by atoms with van der Waals surface area (Å²) in [6.45, 7) is 0.586. The van der Waals surface area contributed by atoms with Gasteiger partial charge in [0.05, 0.1) is 6.54 Å². The van der Waals surface area contributed by atoms with E-state index < -0.39 is 5.92 Å². The predicted octanol–water partition coefficient (Wildman–Crippen LogP) is 8.09. The molecule has 3 unspecified atom stereocenters. The Bertz CT molecular complexity index is 1990. The van der Waals surface area contributed by atoms with Gasteiger partial charge in [-0.2, -0.15) is 0 Å². The van der Waals surface area contributed by atoms with Crippen molar-refractivity contribution in [2.75, 3.05) is 10.2 Å².